The Morgan fingerprint density at radius 1 is 1.30 bits per heavy atom. The van der Waals surface area contributed by atoms with E-state index in [1.165, 1.54) is 10.4 Å². The van der Waals surface area contributed by atoms with Crippen LogP contribution in [0.1, 0.15) is 28.5 Å². The van der Waals surface area contributed by atoms with E-state index >= 15 is 0 Å². The highest BCUT2D eigenvalue weighted by Crippen LogP contribution is 2.27. The van der Waals surface area contributed by atoms with E-state index in [1.54, 1.807) is 0 Å². The average molecular weight is 308 g/mol. The fourth-order valence-electron chi connectivity index (χ4n) is 2.70. The molecule has 0 radical (unpaired) electrons. The van der Waals surface area contributed by atoms with Gasteiger partial charge < -0.3 is 5.11 Å². The zero-order valence-electron chi connectivity index (χ0n) is 11.3. The lowest BCUT2D eigenvalue weighted by Crippen LogP contribution is -2.31. The highest BCUT2D eigenvalue weighted by Gasteiger charge is 2.18. The first-order chi connectivity index (χ1) is 9.74. The molecule has 0 spiro atoms. The normalized spacial score (nSPS) is 16.9. The third kappa shape index (κ3) is 3.07. The molecule has 1 atom stereocenters. The van der Waals surface area contributed by atoms with Crippen molar-refractivity contribution in [3.8, 4) is 0 Å². The van der Waals surface area contributed by atoms with Gasteiger partial charge in [0.25, 0.3) is 0 Å². The molecule has 1 aromatic carbocycles. The van der Waals surface area contributed by atoms with Crippen LogP contribution < -0.4 is 0 Å². The fraction of sp³-hybridized carbons (Fsp3) is 0.375. The molecule has 1 aliphatic rings. The molecule has 0 saturated heterocycles. The van der Waals surface area contributed by atoms with Gasteiger partial charge in [0, 0.05) is 29.5 Å². The van der Waals surface area contributed by atoms with Crippen LogP contribution in [0.25, 0.3) is 0 Å². The molecule has 0 aliphatic carbocycles. The largest absolute Gasteiger partial charge is 0.388 e. The van der Waals surface area contributed by atoms with Crippen LogP contribution in [0.5, 0.6) is 0 Å². The number of fused-ring (bicyclic) bond motifs is 1. The quantitative estimate of drug-likeness (QED) is 0.926. The highest BCUT2D eigenvalue weighted by molar-refractivity contribution is 7.10. The summed E-state index contributed by atoms with van der Waals surface area (Å²) >= 11 is 7.98. The standard InChI is InChI=1S/C16H18ClNOS/c17-14-4-2-1-3-13(14)15(19)5-8-18-9-6-16-12(11-18)7-10-20-16/h1-4,7,10,15,19H,5-6,8-9,11H2. The molecule has 3 rings (SSSR count). The smallest absolute Gasteiger partial charge is 0.0816 e. The molecule has 1 aliphatic heterocycles. The number of hydrogen-bond donors (Lipinski definition) is 1. The predicted octanol–water partition coefficient (Wildman–Crippen LogP) is 3.88. The van der Waals surface area contributed by atoms with Crippen LogP contribution >= 0.6 is 22.9 Å². The van der Waals surface area contributed by atoms with E-state index in [0.29, 0.717) is 5.02 Å². The molecule has 0 saturated carbocycles. The number of aliphatic hydroxyl groups is 1. The number of hydrogen-bond acceptors (Lipinski definition) is 3. The van der Waals surface area contributed by atoms with Crippen LogP contribution in [-0.4, -0.2) is 23.1 Å². The minimum absolute atomic E-state index is 0.479. The van der Waals surface area contributed by atoms with Crippen molar-refractivity contribution in [1.29, 1.82) is 0 Å². The van der Waals surface area contributed by atoms with E-state index in [0.717, 1.165) is 38.0 Å². The van der Waals surface area contributed by atoms with Gasteiger partial charge in [-0.1, -0.05) is 29.8 Å². The van der Waals surface area contributed by atoms with Crippen LogP contribution in [-0.2, 0) is 13.0 Å². The molecule has 2 nitrogen and oxygen atoms in total. The topological polar surface area (TPSA) is 23.5 Å². The summed E-state index contributed by atoms with van der Waals surface area (Å²) in [5, 5.41) is 13.1. The van der Waals surface area contributed by atoms with Crippen molar-refractivity contribution in [3.63, 3.8) is 0 Å². The summed E-state index contributed by atoms with van der Waals surface area (Å²) in [5.74, 6) is 0. The Kier molecular flexibility index (Phi) is 4.41. The molecule has 0 amide bonds. The second-order valence-corrected chi connectivity index (χ2v) is 6.63. The summed E-state index contributed by atoms with van der Waals surface area (Å²) in [4.78, 5) is 3.93. The maximum atomic E-state index is 10.3. The van der Waals surface area contributed by atoms with E-state index in [9.17, 15) is 5.11 Å². The van der Waals surface area contributed by atoms with Gasteiger partial charge in [-0.05, 0) is 41.5 Å². The van der Waals surface area contributed by atoms with Gasteiger partial charge in [-0.25, -0.2) is 0 Å². The first-order valence-electron chi connectivity index (χ1n) is 6.94. The summed E-state index contributed by atoms with van der Waals surface area (Å²) in [6, 6.07) is 9.76. The van der Waals surface area contributed by atoms with Crippen molar-refractivity contribution >= 4 is 22.9 Å². The van der Waals surface area contributed by atoms with E-state index in [1.807, 2.05) is 35.6 Å². The van der Waals surface area contributed by atoms with E-state index < -0.39 is 6.10 Å². The van der Waals surface area contributed by atoms with Crippen LogP contribution in [0.15, 0.2) is 35.7 Å². The van der Waals surface area contributed by atoms with E-state index in [4.69, 9.17) is 11.6 Å². The average Bonchev–Trinajstić information content (AvgIpc) is 2.92. The Labute approximate surface area is 128 Å². The minimum atomic E-state index is -0.479. The van der Waals surface area contributed by atoms with Gasteiger partial charge in [0.2, 0.25) is 0 Å². The first kappa shape index (κ1) is 14.1. The van der Waals surface area contributed by atoms with Gasteiger partial charge in [0.15, 0.2) is 0 Å². The van der Waals surface area contributed by atoms with Gasteiger partial charge in [-0.2, -0.15) is 0 Å². The zero-order valence-corrected chi connectivity index (χ0v) is 12.8. The Bertz CT molecular complexity index is 583. The zero-order chi connectivity index (χ0) is 13.9. The Morgan fingerprint density at radius 3 is 3.00 bits per heavy atom. The number of rotatable bonds is 4. The van der Waals surface area contributed by atoms with Crippen molar-refractivity contribution in [2.24, 2.45) is 0 Å². The fourth-order valence-corrected chi connectivity index (χ4v) is 3.85. The molecule has 0 fully saturated rings. The molecule has 106 valence electrons. The van der Waals surface area contributed by atoms with Crippen molar-refractivity contribution in [3.05, 3.63) is 56.7 Å². The van der Waals surface area contributed by atoms with Crippen LogP contribution in [0, 0.1) is 0 Å². The van der Waals surface area contributed by atoms with Gasteiger partial charge in [-0.15, -0.1) is 11.3 Å². The molecule has 4 heteroatoms. The van der Waals surface area contributed by atoms with Crippen molar-refractivity contribution in [2.75, 3.05) is 13.1 Å². The molecule has 1 unspecified atom stereocenters. The monoisotopic (exact) mass is 307 g/mol. The van der Waals surface area contributed by atoms with Crippen molar-refractivity contribution < 1.29 is 5.11 Å². The van der Waals surface area contributed by atoms with Crippen LogP contribution in [0.2, 0.25) is 5.02 Å². The lowest BCUT2D eigenvalue weighted by molar-refractivity contribution is 0.138. The lowest BCUT2D eigenvalue weighted by Gasteiger charge is -2.27. The Balaban J connectivity index is 1.57. The molecule has 2 aromatic rings. The van der Waals surface area contributed by atoms with Gasteiger partial charge in [0.05, 0.1) is 6.10 Å². The third-order valence-corrected chi connectivity index (χ3v) is 5.24. The highest BCUT2D eigenvalue weighted by atomic mass is 35.5. The van der Waals surface area contributed by atoms with E-state index in [-0.39, 0.29) is 0 Å². The number of thiophene rings is 1. The molecule has 1 N–H and O–H groups in total. The summed E-state index contributed by atoms with van der Waals surface area (Å²) in [6.45, 7) is 3.00. The minimum Gasteiger partial charge on any atom is -0.388 e. The maximum Gasteiger partial charge on any atom is 0.0816 e. The van der Waals surface area contributed by atoms with Crippen molar-refractivity contribution in [2.45, 2.75) is 25.5 Å². The van der Waals surface area contributed by atoms with Crippen LogP contribution in [0.4, 0.5) is 0 Å². The lowest BCUT2D eigenvalue weighted by atomic mass is 10.0. The summed E-state index contributed by atoms with van der Waals surface area (Å²) in [7, 11) is 0. The number of benzene rings is 1. The van der Waals surface area contributed by atoms with Gasteiger partial charge >= 0.3 is 0 Å². The maximum absolute atomic E-state index is 10.3. The van der Waals surface area contributed by atoms with Crippen LogP contribution in [0.3, 0.4) is 0 Å². The third-order valence-electron chi connectivity index (χ3n) is 3.87. The summed E-state index contributed by atoms with van der Waals surface area (Å²) in [6.07, 6.45) is 1.38. The SMILES string of the molecule is OC(CCN1CCc2sccc2C1)c1ccccc1Cl. The first-order valence-corrected chi connectivity index (χ1v) is 8.20. The second kappa shape index (κ2) is 6.27. The van der Waals surface area contributed by atoms with Crippen molar-refractivity contribution in [1.82, 2.24) is 4.90 Å². The number of halogens is 1. The van der Waals surface area contributed by atoms with E-state index in [2.05, 4.69) is 16.3 Å². The number of nitrogens with zero attached hydrogens (tertiary/aromatic N) is 1. The molecular formula is C16H18ClNOS. The molecule has 1 aromatic heterocycles. The second-order valence-electron chi connectivity index (χ2n) is 5.22. The number of aliphatic hydroxyl groups excluding tert-OH is 1. The Hall–Kier alpha value is -0.870. The van der Waals surface area contributed by atoms with Gasteiger partial charge in [-0.3, -0.25) is 4.90 Å². The molecule has 20 heavy (non-hydrogen) atoms. The molecular weight excluding hydrogens is 290 g/mol. The summed E-state index contributed by atoms with van der Waals surface area (Å²) in [5.41, 5.74) is 2.29. The predicted molar refractivity (Wildman–Crippen MR) is 84.3 cm³/mol. The Morgan fingerprint density at radius 2 is 2.15 bits per heavy atom. The van der Waals surface area contributed by atoms with Gasteiger partial charge in [0.1, 0.15) is 0 Å². The summed E-state index contributed by atoms with van der Waals surface area (Å²) < 4.78 is 0. The molecule has 0 bridgehead atoms. The molecule has 2 heterocycles.